The van der Waals surface area contributed by atoms with E-state index in [1.807, 2.05) is 11.4 Å². The van der Waals surface area contributed by atoms with Crippen LogP contribution in [0.3, 0.4) is 0 Å². The quantitative estimate of drug-likeness (QED) is 0.380. The molecule has 12 nitrogen and oxygen atoms in total. The summed E-state index contributed by atoms with van der Waals surface area (Å²) >= 11 is 0. The molecule has 1 aliphatic rings. The maximum absolute atomic E-state index is 14.9. The Kier molecular flexibility index (Phi) is 10.7. The van der Waals surface area contributed by atoms with Crippen molar-refractivity contribution in [2.24, 2.45) is 4.99 Å². The number of amides is 2. The Morgan fingerprint density at radius 2 is 1.73 bits per heavy atom. The number of alkyl carbamates (subject to hydrolysis) is 1. The van der Waals surface area contributed by atoms with E-state index in [-0.39, 0.29) is 17.1 Å². The molecule has 2 aromatic rings. The second kappa shape index (κ2) is 13.3. The van der Waals surface area contributed by atoms with E-state index in [9.17, 15) is 40.3 Å². The van der Waals surface area contributed by atoms with Crippen LogP contribution in [-0.4, -0.2) is 63.1 Å². The number of amidine groups is 1. The number of aliphatic carboxylic acids is 1. The molecule has 244 valence electrons. The van der Waals surface area contributed by atoms with Crippen LogP contribution in [0.2, 0.25) is 0 Å². The predicted molar refractivity (Wildman–Crippen MR) is 139 cm³/mol. The summed E-state index contributed by atoms with van der Waals surface area (Å²) in [6.07, 6.45) is -13.2. The molecule has 2 aromatic heterocycles. The third-order valence-corrected chi connectivity index (χ3v) is 5.42. The largest absolute Gasteiger partial charge is 0.490 e. The van der Waals surface area contributed by atoms with Crippen molar-refractivity contribution >= 4 is 29.8 Å². The number of carbonyl (C=O) groups is 3. The first kappa shape index (κ1) is 36.2. The van der Waals surface area contributed by atoms with Gasteiger partial charge in [0.25, 0.3) is 11.9 Å². The lowest BCUT2D eigenvalue weighted by Gasteiger charge is -2.36. The number of aryl methyl sites for hydroxylation is 1. The number of alkyl halides is 6. The first-order valence-electron chi connectivity index (χ1n) is 12.4. The van der Waals surface area contributed by atoms with Gasteiger partial charge in [0.1, 0.15) is 40.2 Å². The minimum Gasteiger partial charge on any atom is -0.475 e. The molecule has 45 heavy (non-hydrogen) atoms. The summed E-state index contributed by atoms with van der Waals surface area (Å²) < 4.78 is 97.6. The second-order valence-corrected chi connectivity index (χ2v) is 10.5. The molecule has 0 unspecified atom stereocenters. The van der Waals surface area contributed by atoms with Crippen molar-refractivity contribution in [2.45, 2.75) is 70.6 Å². The van der Waals surface area contributed by atoms with E-state index in [2.05, 4.69) is 20.3 Å². The Morgan fingerprint density at radius 1 is 1.13 bits per heavy atom. The van der Waals surface area contributed by atoms with Crippen molar-refractivity contribution in [1.29, 1.82) is 5.26 Å². The number of rotatable bonds is 3. The zero-order valence-electron chi connectivity index (χ0n) is 24.0. The van der Waals surface area contributed by atoms with Gasteiger partial charge in [-0.15, -0.1) is 0 Å². The van der Waals surface area contributed by atoms with Gasteiger partial charge in [-0.3, -0.25) is 4.79 Å². The van der Waals surface area contributed by atoms with Crippen molar-refractivity contribution in [1.82, 2.24) is 15.3 Å². The molecule has 2 atom stereocenters. The third kappa shape index (κ3) is 10.3. The number of pyridine rings is 2. The molecule has 0 aromatic carbocycles. The first-order chi connectivity index (χ1) is 20.4. The molecule has 19 heteroatoms. The van der Waals surface area contributed by atoms with E-state index in [0.29, 0.717) is 5.56 Å². The van der Waals surface area contributed by atoms with Crippen LogP contribution in [0.25, 0.3) is 0 Å². The first-order valence-corrected chi connectivity index (χ1v) is 12.4. The summed E-state index contributed by atoms with van der Waals surface area (Å²) in [5, 5.41) is 20.5. The molecule has 2 amide bonds. The van der Waals surface area contributed by atoms with Gasteiger partial charge in [0, 0.05) is 12.6 Å². The van der Waals surface area contributed by atoms with Crippen molar-refractivity contribution < 1.29 is 59.7 Å². The standard InChI is InChI=1S/C24H24F4N6O4.C2HF3O2/c1-12-8-13(10-29)11-30-17(12)19(35)32-16-7-6-14(25)18(31-16)23(5)9-15(24(26,27)28)37-20(34-23)33-21(36)38-22(2,3)4;3-2(4,5)1(6)7/h6-8,11,15H,9H2,1-5H3,(H,31,32,35)(H,33,34,36);(H,6,7)/t15-,23-;/m0./s1. The number of carbonyl (C=O) groups excluding carboxylic acids is 2. The summed E-state index contributed by atoms with van der Waals surface area (Å²) in [6.45, 7) is 7.39. The fraction of sp³-hybridized carbons (Fsp3) is 0.423. The number of ether oxygens (including phenoxy) is 2. The number of nitrogens with zero attached hydrogens (tertiary/aromatic N) is 4. The van der Waals surface area contributed by atoms with E-state index < -0.39 is 71.5 Å². The van der Waals surface area contributed by atoms with Crippen LogP contribution in [-0.2, 0) is 19.8 Å². The molecule has 3 N–H and O–H groups in total. The summed E-state index contributed by atoms with van der Waals surface area (Å²) in [4.78, 5) is 45.7. The van der Waals surface area contributed by atoms with E-state index in [0.717, 1.165) is 12.1 Å². The fourth-order valence-electron chi connectivity index (χ4n) is 3.55. The van der Waals surface area contributed by atoms with Crippen LogP contribution in [0.5, 0.6) is 0 Å². The Bertz CT molecular complexity index is 1530. The summed E-state index contributed by atoms with van der Waals surface area (Å²) in [7, 11) is 0. The third-order valence-electron chi connectivity index (χ3n) is 5.42. The highest BCUT2D eigenvalue weighted by molar-refractivity contribution is 6.03. The predicted octanol–water partition coefficient (Wildman–Crippen LogP) is 5.13. The van der Waals surface area contributed by atoms with Gasteiger partial charge in [-0.25, -0.2) is 34.3 Å². The van der Waals surface area contributed by atoms with Gasteiger partial charge >= 0.3 is 24.4 Å². The number of nitriles is 1. The molecular weight excluding hydrogens is 625 g/mol. The van der Waals surface area contributed by atoms with Crippen molar-refractivity contribution in [2.75, 3.05) is 5.32 Å². The fourth-order valence-corrected chi connectivity index (χ4v) is 3.55. The number of carboxylic acids is 1. The lowest BCUT2D eigenvalue weighted by Crippen LogP contribution is -2.49. The maximum atomic E-state index is 14.9. The van der Waals surface area contributed by atoms with Crippen molar-refractivity contribution in [3.8, 4) is 6.07 Å². The Morgan fingerprint density at radius 3 is 2.22 bits per heavy atom. The number of carboxylic acid groups (broad SMARTS) is 1. The number of anilines is 1. The van der Waals surface area contributed by atoms with Crippen molar-refractivity contribution in [3.63, 3.8) is 0 Å². The van der Waals surface area contributed by atoms with Crippen LogP contribution in [0.1, 0.15) is 61.4 Å². The van der Waals surface area contributed by atoms with Gasteiger partial charge in [-0.1, -0.05) is 0 Å². The van der Waals surface area contributed by atoms with E-state index >= 15 is 0 Å². The number of aliphatic imine (C=N–C) groups is 1. The van der Waals surface area contributed by atoms with Crippen LogP contribution >= 0.6 is 0 Å². The Balaban J connectivity index is 0.000000900. The number of hydrogen-bond donors (Lipinski definition) is 3. The zero-order valence-corrected chi connectivity index (χ0v) is 24.0. The van der Waals surface area contributed by atoms with E-state index in [1.54, 1.807) is 27.7 Å². The van der Waals surface area contributed by atoms with Crippen LogP contribution in [0.15, 0.2) is 29.4 Å². The average Bonchev–Trinajstić information content (AvgIpc) is 2.87. The molecule has 0 spiro atoms. The van der Waals surface area contributed by atoms with Crippen LogP contribution in [0, 0.1) is 24.1 Å². The van der Waals surface area contributed by atoms with Gasteiger partial charge < -0.3 is 19.9 Å². The number of halogens is 7. The normalized spacial score (nSPS) is 18.2. The Labute approximate surface area is 250 Å². The lowest BCUT2D eigenvalue weighted by atomic mass is 9.89. The molecule has 0 bridgehead atoms. The smallest absolute Gasteiger partial charge is 0.475 e. The topological polar surface area (TPSA) is 176 Å². The number of nitrogens with one attached hydrogen (secondary N) is 2. The molecule has 0 saturated heterocycles. The van der Waals surface area contributed by atoms with Gasteiger partial charge in [-0.2, -0.15) is 31.6 Å². The van der Waals surface area contributed by atoms with Gasteiger partial charge in [0.15, 0.2) is 6.10 Å². The SMILES string of the molecule is Cc1cc(C#N)cnc1C(=O)Nc1ccc(F)c([C@]2(C)C[C@@H](C(F)(F)F)OC(NC(=O)OC(C)(C)C)=N2)n1.O=C(O)C(F)(F)F. The summed E-state index contributed by atoms with van der Waals surface area (Å²) in [5.41, 5.74) is -2.86. The zero-order chi connectivity index (χ0) is 34.5. The van der Waals surface area contributed by atoms with Gasteiger partial charge in [0.05, 0.1) is 5.56 Å². The average molecular weight is 651 g/mol. The van der Waals surface area contributed by atoms with E-state index in [4.69, 9.17) is 24.6 Å². The highest BCUT2D eigenvalue weighted by Gasteiger charge is 2.51. The maximum Gasteiger partial charge on any atom is 0.490 e. The molecule has 1 aliphatic heterocycles. The monoisotopic (exact) mass is 650 g/mol. The highest BCUT2D eigenvalue weighted by Crippen LogP contribution is 2.40. The van der Waals surface area contributed by atoms with Crippen molar-refractivity contribution in [3.05, 3.63) is 52.7 Å². The van der Waals surface area contributed by atoms with Gasteiger partial charge in [0.2, 0.25) is 0 Å². The van der Waals surface area contributed by atoms with Crippen LogP contribution < -0.4 is 10.6 Å². The molecule has 3 heterocycles. The van der Waals surface area contributed by atoms with E-state index in [1.165, 1.54) is 19.2 Å². The molecule has 0 radical (unpaired) electrons. The molecule has 0 aliphatic carbocycles. The summed E-state index contributed by atoms with van der Waals surface area (Å²) in [5.74, 6) is -4.68. The minimum atomic E-state index is -5.08. The molecule has 3 rings (SSSR count). The van der Waals surface area contributed by atoms with Gasteiger partial charge in [-0.05, 0) is 58.4 Å². The number of aromatic nitrogens is 2. The molecule has 0 fully saturated rings. The molecule has 0 saturated carbocycles. The van der Waals surface area contributed by atoms with Crippen LogP contribution in [0.4, 0.5) is 41.3 Å². The summed E-state index contributed by atoms with van der Waals surface area (Å²) in [6, 6.07) is 4.53. The highest BCUT2D eigenvalue weighted by atomic mass is 19.4. The minimum absolute atomic E-state index is 0.0343. The Hall–Kier alpha value is -5.02. The second-order valence-electron chi connectivity index (χ2n) is 10.5. The lowest BCUT2D eigenvalue weighted by molar-refractivity contribution is -0.208. The number of hydrogen-bond acceptors (Lipinski definition) is 9. The molecular formula is C26H25F7N6O6.